The summed E-state index contributed by atoms with van der Waals surface area (Å²) < 4.78 is 7.27. The first kappa shape index (κ1) is 14.5. The maximum absolute atomic E-state index is 12.4. The lowest BCUT2D eigenvalue weighted by atomic mass is 10.1. The maximum Gasteiger partial charge on any atom is 0.239 e. The van der Waals surface area contributed by atoms with Gasteiger partial charge in [-0.25, -0.2) is 0 Å². The van der Waals surface area contributed by atoms with Crippen LogP contribution in [0.5, 0.6) is 0 Å². The Hall–Kier alpha value is -1.44. The van der Waals surface area contributed by atoms with E-state index in [1.165, 1.54) is 0 Å². The minimum atomic E-state index is -0.270. The predicted octanol–water partition coefficient (Wildman–Crippen LogP) is -0.601. The molecular weight excluding hydrogens is 270 g/mol. The van der Waals surface area contributed by atoms with Crippen LogP contribution in [-0.4, -0.2) is 59.0 Å². The Labute approximate surface area is 124 Å². The van der Waals surface area contributed by atoms with Gasteiger partial charge in [-0.3, -0.25) is 14.4 Å². The molecule has 0 radical (unpaired) electrons. The van der Waals surface area contributed by atoms with Gasteiger partial charge in [-0.15, -0.1) is 0 Å². The third kappa shape index (κ3) is 3.25. The number of amides is 1. The normalized spacial score (nSPS) is 24.8. The number of ether oxygens (including phenoxy) is 1. The van der Waals surface area contributed by atoms with Crippen LogP contribution < -0.4 is 11.1 Å². The molecule has 0 aromatic carbocycles. The third-order valence-electron chi connectivity index (χ3n) is 4.13. The molecule has 3 rings (SSSR count). The second kappa shape index (κ2) is 6.13. The van der Waals surface area contributed by atoms with Crippen molar-refractivity contribution in [1.29, 1.82) is 0 Å². The summed E-state index contributed by atoms with van der Waals surface area (Å²) in [6.45, 7) is 2.22. The number of nitrogens with zero attached hydrogens (tertiary/aromatic N) is 3. The van der Waals surface area contributed by atoms with E-state index in [-0.39, 0.29) is 18.0 Å². The van der Waals surface area contributed by atoms with Crippen LogP contribution in [0.25, 0.3) is 0 Å². The molecule has 21 heavy (non-hydrogen) atoms. The van der Waals surface area contributed by atoms with Crippen LogP contribution in [0.4, 0.5) is 0 Å². The summed E-state index contributed by atoms with van der Waals surface area (Å²) in [6.07, 6.45) is 5.95. The fraction of sp³-hybridized carbons (Fsp3) is 0.714. The summed E-state index contributed by atoms with van der Waals surface area (Å²) in [6, 6.07) is 0.0849. The van der Waals surface area contributed by atoms with E-state index in [0.717, 1.165) is 18.4 Å². The van der Waals surface area contributed by atoms with Crippen molar-refractivity contribution in [3.63, 3.8) is 0 Å². The van der Waals surface area contributed by atoms with E-state index in [2.05, 4.69) is 15.3 Å². The van der Waals surface area contributed by atoms with Crippen molar-refractivity contribution in [2.45, 2.75) is 31.0 Å². The largest absolute Gasteiger partial charge is 0.378 e. The van der Waals surface area contributed by atoms with Crippen LogP contribution in [0, 0.1) is 0 Å². The van der Waals surface area contributed by atoms with Gasteiger partial charge in [0.15, 0.2) is 0 Å². The van der Waals surface area contributed by atoms with Crippen LogP contribution in [0.3, 0.4) is 0 Å². The molecule has 2 heterocycles. The fourth-order valence-electron chi connectivity index (χ4n) is 2.82. The number of nitrogens with one attached hydrogen (secondary N) is 1. The van der Waals surface area contributed by atoms with Crippen LogP contribution >= 0.6 is 0 Å². The molecule has 2 fully saturated rings. The average Bonchev–Trinajstić information content (AvgIpc) is 3.20. The molecule has 1 aliphatic carbocycles. The molecule has 1 saturated carbocycles. The van der Waals surface area contributed by atoms with E-state index in [9.17, 15) is 4.79 Å². The van der Waals surface area contributed by atoms with E-state index >= 15 is 0 Å². The lowest BCUT2D eigenvalue weighted by Gasteiger charge is -2.39. The van der Waals surface area contributed by atoms with Crippen molar-refractivity contribution in [3.05, 3.63) is 18.0 Å². The van der Waals surface area contributed by atoms with Gasteiger partial charge in [0.05, 0.1) is 25.5 Å². The molecule has 7 nitrogen and oxygen atoms in total. The van der Waals surface area contributed by atoms with E-state index in [1.54, 1.807) is 4.68 Å². The maximum atomic E-state index is 12.4. The number of aromatic nitrogens is 2. The number of hydrogen-bond donors (Lipinski definition) is 2. The number of rotatable bonds is 5. The van der Waals surface area contributed by atoms with Gasteiger partial charge >= 0.3 is 0 Å². The summed E-state index contributed by atoms with van der Waals surface area (Å²) in [5.41, 5.74) is 7.02. The van der Waals surface area contributed by atoms with Crippen molar-refractivity contribution in [3.8, 4) is 0 Å². The molecule has 2 unspecified atom stereocenters. The van der Waals surface area contributed by atoms with Gasteiger partial charge in [-0.1, -0.05) is 0 Å². The zero-order valence-corrected chi connectivity index (χ0v) is 12.4. The topological polar surface area (TPSA) is 85.4 Å². The van der Waals surface area contributed by atoms with Crippen molar-refractivity contribution < 1.29 is 9.53 Å². The van der Waals surface area contributed by atoms with Crippen LogP contribution in [0.1, 0.15) is 24.4 Å². The fourth-order valence-corrected chi connectivity index (χ4v) is 2.82. The SMILES string of the molecule is Cn1cc(C(CN)N2CCOCC2C(=O)NC2CC2)cn1. The van der Waals surface area contributed by atoms with Gasteiger partial charge in [0, 0.05) is 37.9 Å². The zero-order chi connectivity index (χ0) is 14.8. The van der Waals surface area contributed by atoms with Crippen LogP contribution in [-0.2, 0) is 16.6 Å². The van der Waals surface area contributed by atoms with Crippen molar-refractivity contribution in [1.82, 2.24) is 20.0 Å². The molecule has 1 aliphatic heterocycles. The predicted molar refractivity (Wildman–Crippen MR) is 77.5 cm³/mol. The number of carbonyl (C=O) groups excluding carboxylic acids is 1. The molecule has 116 valence electrons. The second-order valence-corrected chi connectivity index (χ2v) is 5.81. The van der Waals surface area contributed by atoms with E-state index in [1.807, 2.05) is 19.4 Å². The molecular formula is C14H23N5O2. The van der Waals surface area contributed by atoms with Crippen molar-refractivity contribution in [2.24, 2.45) is 12.8 Å². The average molecular weight is 293 g/mol. The summed E-state index contributed by atoms with van der Waals surface area (Å²) in [7, 11) is 1.88. The van der Waals surface area contributed by atoms with E-state index in [0.29, 0.717) is 32.3 Å². The Morgan fingerprint density at radius 3 is 3.05 bits per heavy atom. The Balaban J connectivity index is 1.76. The third-order valence-corrected chi connectivity index (χ3v) is 4.13. The van der Waals surface area contributed by atoms with E-state index < -0.39 is 0 Å². The Morgan fingerprint density at radius 2 is 2.43 bits per heavy atom. The van der Waals surface area contributed by atoms with E-state index in [4.69, 9.17) is 10.5 Å². The lowest BCUT2D eigenvalue weighted by molar-refractivity contribution is -0.134. The van der Waals surface area contributed by atoms with Crippen molar-refractivity contribution >= 4 is 5.91 Å². The second-order valence-electron chi connectivity index (χ2n) is 5.81. The standard InChI is InChI=1S/C14H23N5O2/c1-18-8-10(7-16-18)12(6-15)19-4-5-21-9-13(19)14(20)17-11-2-3-11/h7-8,11-13H,2-6,9,15H2,1H3,(H,17,20). The summed E-state index contributed by atoms with van der Waals surface area (Å²) in [5.74, 6) is 0.0551. The number of aryl methyl sites for hydroxylation is 1. The van der Waals surface area contributed by atoms with Crippen LogP contribution in [0.2, 0.25) is 0 Å². The lowest BCUT2D eigenvalue weighted by Crippen LogP contribution is -2.56. The molecule has 3 N–H and O–H groups in total. The molecule has 1 saturated heterocycles. The number of morpholine rings is 1. The molecule has 0 spiro atoms. The van der Waals surface area contributed by atoms with Crippen LogP contribution in [0.15, 0.2) is 12.4 Å². The molecule has 1 aromatic rings. The smallest absolute Gasteiger partial charge is 0.239 e. The summed E-state index contributed by atoms with van der Waals surface area (Å²) >= 11 is 0. The Kier molecular flexibility index (Phi) is 4.23. The minimum Gasteiger partial charge on any atom is -0.378 e. The Bertz CT molecular complexity index is 499. The van der Waals surface area contributed by atoms with Gasteiger partial charge in [0.25, 0.3) is 0 Å². The number of nitrogens with two attached hydrogens (primary N) is 1. The first-order valence-corrected chi connectivity index (χ1v) is 7.51. The number of hydrogen-bond acceptors (Lipinski definition) is 5. The molecule has 1 amide bonds. The quantitative estimate of drug-likeness (QED) is 0.757. The highest BCUT2D eigenvalue weighted by Gasteiger charge is 2.36. The Morgan fingerprint density at radius 1 is 1.62 bits per heavy atom. The first-order valence-electron chi connectivity index (χ1n) is 7.51. The van der Waals surface area contributed by atoms with Gasteiger partial charge in [-0.2, -0.15) is 5.10 Å². The summed E-state index contributed by atoms with van der Waals surface area (Å²) in [4.78, 5) is 14.6. The highest BCUT2D eigenvalue weighted by molar-refractivity contribution is 5.82. The minimum absolute atomic E-state index is 0.00227. The molecule has 7 heteroatoms. The van der Waals surface area contributed by atoms with Crippen molar-refractivity contribution in [2.75, 3.05) is 26.3 Å². The molecule has 2 atom stereocenters. The van der Waals surface area contributed by atoms with Gasteiger partial charge in [0.2, 0.25) is 5.91 Å². The van der Waals surface area contributed by atoms with Gasteiger partial charge in [-0.05, 0) is 12.8 Å². The molecule has 2 aliphatic rings. The molecule has 1 aromatic heterocycles. The number of carbonyl (C=O) groups is 1. The van der Waals surface area contributed by atoms with Gasteiger partial charge < -0.3 is 15.8 Å². The zero-order valence-electron chi connectivity index (χ0n) is 12.4. The first-order chi connectivity index (χ1) is 10.2. The molecule has 0 bridgehead atoms. The monoisotopic (exact) mass is 293 g/mol. The van der Waals surface area contributed by atoms with Gasteiger partial charge in [0.1, 0.15) is 6.04 Å². The highest BCUT2D eigenvalue weighted by Crippen LogP contribution is 2.25. The summed E-state index contributed by atoms with van der Waals surface area (Å²) in [5, 5.41) is 7.28. The highest BCUT2D eigenvalue weighted by atomic mass is 16.5.